The fourth-order valence-corrected chi connectivity index (χ4v) is 4.91. The van der Waals surface area contributed by atoms with Crippen LogP contribution in [0.1, 0.15) is 32.1 Å². The number of halogens is 6. The number of rotatable bonds is 3. The summed E-state index contributed by atoms with van der Waals surface area (Å²) in [6, 6.07) is 0. The molecule has 0 spiro atoms. The monoisotopic (exact) mass is 372 g/mol. The molecule has 0 aliphatic heterocycles. The van der Waals surface area contributed by atoms with Gasteiger partial charge in [-0.1, -0.05) is 6.58 Å². The molecule has 142 valence electrons. The molecule has 9 heteroatoms. The Morgan fingerprint density at radius 2 is 1.28 bits per heavy atom. The lowest BCUT2D eigenvalue weighted by atomic mass is 9.55. The Hall–Kier alpha value is -1.25. The van der Waals surface area contributed by atoms with Gasteiger partial charge in [-0.15, -0.1) is 0 Å². The molecule has 0 unspecified atom stereocenters. The van der Waals surface area contributed by atoms with Gasteiger partial charge in [0.1, 0.15) is 6.10 Å². The van der Waals surface area contributed by atoms with E-state index in [4.69, 9.17) is 4.74 Å². The van der Waals surface area contributed by atoms with Gasteiger partial charge in [0.05, 0.1) is 5.57 Å². The zero-order valence-electron chi connectivity index (χ0n) is 13.2. The van der Waals surface area contributed by atoms with Crippen molar-refractivity contribution in [1.29, 1.82) is 0 Å². The average molecular weight is 372 g/mol. The van der Waals surface area contributed by atoms with Gasteiger partial charge in [0.2, 0.25) is 0 Å². The van der Waals surface area contributed by atoms with Crippen molar-refractivity contribution in [3.63, 3.8) is 0 Å². The number of hydrogen-bond donors (Lipinski definition) is 1. The number of ether oxygens (including phenoxy) is 1. The lowest BCUT2D eigenvalue weighted by Crippen LogP contribution is -2.60. The zero-order chi connectivity index (χ0) is 18.8. The largest absolute Gasteiger partial charge is 0.458 e. The van der Waals surface area contributed by atoms with Gasteiger partial charge in [-0.05, 0) is 55.8 Å². The highest BCUT2D eigenvalue weighted by molar-refractivity contribution is 5.90. The maximum atomic E-state index is 12.8. The summed E-state index contributed by atoms with van der Waals surface area (Å²) in [5.74, 6) is -0.948. The molecule has 0 amide bonds. The highest BCUT2D eigenvalue weighted by atomic mass is 19.4. The van der Waals surface area contributed by atoms with Crippen molar-refractivity contribution in [3.8, 4) is 0 Å². The molecule has 0 aromatic rings. The summed E-state index contributed by atoms with van der Waals surface area (Å²) in [6.45, 7) is 2.58. The van der Waals surface area contributed by atoms with Gasteiger partial charge in [-0.2, -0.15) is 26.3 Å². The Bertz CT molecular complexity index is 537. The Morgan fingerprint density at radius 3 is 1.64 bits per heavy atom. The smallest absolute Gasteiger partial charge is 0.430 e. The summed E-state index contributed by atoms with van der Waals surface area (Å²) < 4.78 is 82.1. The SMILES string of the molecule is C=C(C(=O)OC1C2CC3CC(C2)CC1C3)C(O)(C(F)(F)F)C(F)(F)F. The molecule has 0 atom stereocenters. The number of alkyl halides is 6. The topological polar surface area (TPSA) is 46.5 Å². The molecule has 0 aromatic heterocycles. The number of esters is 1. The van der Waals surface area contributed by atoms with Crippen LogP contribution in [0.25, 0.3) is 0 Å². The van der Waals surface area contributed by atoms with Gasteiger partial charge >= 0.3 is 18.3 Å². The average Bonchev–Trinajstić information content (AvgIpc) is 2.46. The second-order valence-corrected chi connectivity index (χ2v) is 7.49. The highest BCUT2D eigenvalue weighted by Crippen LogP contribution is 2.55. The van der Waals surface area contributed by atoms with Crippen LogP contribution in [0.4, 0.5) is 26.3 Å². The van der Waals surface area contributed by atoms with Gasteiger partial charge in [-0.3, -0.25) is 0 Å². The predicted molar refractivity (Wildman–Crippen MR) is 73.1 cm³/mol. The first-order valence-electron chi connectivity index (χ1n) is 8.10. The minimum atomic E-state index is -6.13. The highest BCUT2D eigenvalue weighted by Gasteiger charge is 2.73. The van der Waals surface area contributed by atoms with E-state index >= 15 is 0 Å². The van der Waals surface area contributed by atoms with Gasteiger partial charge in [-0.25, -0.2) is 4.79 Å². The van der Waals surface area contributed by atoms with E-state index in [0.29, 0.717) is 11.8 Å². The molecule has 4 aliphatic rings. The molecule has 25 heavy (non-hydrogen) atoms. The third-order valence-corrected chi connectivity index (χ3v) is 5.89. The van der Waals surface area contributed by atoms with Crippen molar-refractivity contribution >= 4 is 5.97 Å². The van der Waals surface area contributed by atoms with Gasteiger partial charge in [0, 0.05) is 0 Å². The van der Waals surface area contributed by atoms with Crippen LogP contribution in [0, 0.1) is 23.7 Å². The third-order valence-electron chi connectivity index (χ3n) is 5.89. The van der Waals surface area contributed by atoms with Crippen LogP contribution in [0.3, 0.4) is 0 Å². The fraction of sp³-hybridized carbons (Fsp3) is 0.812. The molecular formula is C16H18F6O3. The van der Waals surface area contributed by atoms with E-state index < -0.39 is 35.6 Å². The lowest BCUT2D eigenvalue weighted by Gasteiger charge is -2.53. The first-order valence-corrected chi connectivity index (χ1v) is 8.10. The Kier molecular flexibility index (Phi) is 4.17. The predicted octanol–water partition coefficient (Wildman–Crippen LogP) is 3.77. The number of hydrogen-bond acceptors (Lipinski definition) is 3. The molecule has 1 N–H and O–H groups in total. The number of carbonyl (C=O) groups excluding carboxylic acids is 1. The van der Waals surface area contributed by atoms with Crippen LogP contribution in [0.15, 0.2) is 12.2 Å². The summed E-state index contributed by atoms with van der Waals surface area (Å²) in [5, 5.41) is 9.25. The lowest BCUT2D eigenvalue weighted by molar-refractivity contribution is -0.352. The zero-order valence-corrected chi connectivity index (χ0v) is 13.2. The van der Waals surface area contributed by atoms with Crippen molar-refractivity contribution in [3.05, 3.63) is 12.2 Å². The quantitative estimate of drug-likeness (QED) is 0.466. The molecule has 4 bridgehead atoms. The summed E-state index contributed by atoms with van der Waals surface area (Å²) in [4.78, 5) is 12.0. The van der Waals surface area contributed by atoms with Crippen molar-refractivity contribution in [2.24, 2.45) is 23.7 Å². The van der Waals surface area contributed by atoms with Crippen LogP contribution >= 0.6 is 0 Å². The minimum absolute atomic E-state index is 0.0436. The van der Waals surface area contributed by atoms with E-state index in [1.807, 2.05) is 0 Å². The molecule has 4 aliphatic carbocycles. The van der Waals surface area contributed by atoms with E-state index in [1.54, 1.807) is 0 Å². The summed E-state index contributed by atoms with van der Waals surface area (Å²) in [7, 11) is 0. The third kappa shape index (κ3) is 2.84. The molecule has 0 aromatic carbocycles. The van der Waals surface area contributed by atoms with E-state index in [9.17, 15) is 36.2 Å². The van der Waals surface area contributed by atoms with Gasteiger partial charge in [0.15, 0.2) is 0 Å². The second kappa shape index (κ2) is 5.62. The Morgan fingerprint density at radius 1 is 0.880 bits per heavy atom. The molecule has 4 rings (SSSR count). The molecule has 0 saturated heterocycles. The van der Waals surface area contributed by atoms with E-state index in [2.05, 4.69) is 6.58 Å². The summed E-state index contributed by atoms with van der Waals surface area (Å²) >= 11 is 0. The van der Waals surface area contributed by atoms with Crippen LogP contribution in [-0.2, 0) is 9.53 Å². The normalized spacial score (nSPS) is 34.9. The molecule has 3 nitrogen and oxygen atoms in total. The van der Waals surface area contributed by atoms with Gasteiger partial charge < -0.3 is 9.84 Å². The molecular weight excluding hydrogens is 354 g/mol. The van der Waals surface area contributed by atoms with Crippen molar-refractivity contribution in [1.82, 2.24) is 0 Å². The Labute approximate surface area is 140 Å². The maximum Gasteiger partial charge on any atom is 0.430 e. The first-order chi connectivity index (χ1) is 11.3. The fourth-order valence-electron chi connectivity index (χ4n) is 4.91. The molecule has 4 fully saturated rings. The van der Waals surface area contributed by atoms with Crippen molar-refractivity contribution in [2.45, 2.75) is 56.2 Å². The minimum Gasteiger partial charge on any atom is -0.458 e. The van der Waals surface area contributed by atoms with E-state index in [0.717, 1.165) is 32.1 Å². The summed E-state index contributed by atoms with van der Waals surface area (Å²) in [6.07, 6.45) is -8.83. The van der Waals surface area contributed by atoms with Crippen LogP contribution in [-0.4, -0.2) is 35.1 Å². The van der Waals surface area contributed by atoms with E-state index in [1.165, 1.54) is 0 Å². The maximum absolute atomic E-state index is 12.8. The van der Waals surface area contributed by atoms with Crippen molar-refractivity contribution in [2.75, 3.05) is 0 Å². The van der Waals surface area contributed by atoms with Gasteiger partial charge in [0.25, 0.3) is 5.60 Å². The molecule has 4 saturated carbocycles. The van der Waals surface area contributed by atoms with Crippen LogP contribution in [0.5, 0.6) is 0 Å². The Balaban J connectivity index is 1.77. The molecule has 0 radical (unpaired) electrons. The number of aliphatic hydroxyl groups is 1. The molecule has 0 heterocycles. The second-order valence-electron chi connectivity index (χ2n) is 7.49. The van der Waals surface area contributed by atoms with Crippen LogP contribution in [0.2, 0.25) is 0 Å². The van der Waals surface area contributed by atoms with Crippen molar-refractivity contribution < 1.29 is 41.0 Å². The van der Waals surface area contributed by atoms with E-state index in [-0.39, 0.29) is 11.8 Å². The number of carbonyl (C=O) groups is 1. The van der Waals surface area contributed by atoms with Crippen LogP contribution < -0.4 is 0 Å². The standard InChI is InChI=1S/C16H18F6O3/c1-7(14(24,15(17,18)19)16(20,21)22)13(23)25-12-10-3-8-2-9(5-10)6-11(12)4-8/h8-12,24H,1-6H2. The summed E-state index contributed by atoms with van der Waals surface area (Å²) in [5.41, 5.74) is -7.36. The first kappa shape index (κ1) is 18.5.